The van der Waals surface area contributed by atoms with E-state index in [1.807, 2.05) is 37.3 Å². The van der Waals surface area contributed by atoms with Gasteiger partial charge in [-0.15, -0.1) is 11.8 Å². The summed E-state index contributed by atoms with van der Waals surface area (Å²) in [6, 6.07) is 8.64. The fraction of sp³-hybridized carbons (Fsp3) is 0.500. The Labute approximate surface area is 203 Å². The van der Waals surface area contributed by atoms with Gasteiger partial charge in [0.15, 0.2) is 0 Å². The average Bonchev–Trinajstić information content (AvgIpc) is 3.08. The Balaban J connectivity index is 1.76. The molecule has 186 valence electrons. The third-order valence-electron chi connectivity index (χ3n) is 5.82. The first-order valence-electron chi connectivity index (χ1n) is 10.8. The maximum atomic E-state index is 13.0. The van der Waals surface area contributed by atoms with Gasteiger partial charge in [0.05, 0.1) is 18.1 Å². The zero-order valence-electron chi connectivity index (χ0n) is 19.2. The molecule has 2 aliphatic heterocycles. The van der Waals surface area contributed by atoms with Crippen molar-refractivity contribution < 1.29 is 36.3 Å². The topological polar surface area (TPSA) is 131 Å². The summed E-state index contributed by atoms with van der Waals surface area (Å²) in [7, 11) is -4.73. The largest absolute Gasteiger partial charge is 0.456 e. The van der Waals surface area contributed by atoms with E-state index in [1.165, 1.54) is 30.5 Å². The smallest absolute Gasteiger partial charge is 0.397 e. The molecule has 1 saturated heterocycles. The van der Waals surface area contributed by atoms with Gasteiger partial charge < -0.3 is 14.5 Å². The van der Waals surface area contributed by atoms with Crippen molar-refractivity contribution in [3.63, 3.8) is 0 Å². The molecule has 1 fully saturated rings. The van der Waals surface area contributed by atoms with E-state index < -0.39 is 40.3 Å². The summed E-state index contributed by atoms with van der Waals surface area (Å²) in [5, 5.41) is 0. The van der Waals surface area contributed by atoms with E-state index in [1.54, 1.807) is 4.90 Å². The highest BCUT2D eigenvalue weighted by atomic mass is 32.3. The molecule has 0 radical (unpaired) electrons. The lowest BCUT2D eigenvalue weighted by Gasteiger charge is -2.45. The molecule has 1 aromatic carbocycles. The van der Waals surface area contributed by atoms with Gasteiger partial charge in [-0.05, 0) is 19.4 Å². The van der Waals surface area contributed by atoms with Crippen molar-refractivity contribution in [3.8, 4) is 0 Å². The second kappa shape index (κ2) is 10.9. The van der Waals surface area contributed by atoms with Crippen LogP contribution in [-0.2, 0) is 40.3 Å². The number of carbonyl (C=O) groups is 3. The minimum absolute atomic E-state index is 0.0352. The molecule has 0 saturated carbocycles. The van der Waals surface area contributed by atoms with Crippen LogP contribution in [0, 0.1) is 5.92 Å². The molecule has 12 heteroatoms. The quantitative estimate of drug-likeness (QED) is 0.269. The van der Waals surface area contributed by atoms with Crippen LogP contribution in [0.3, 0.4) is 0 Å². The van der Waals surface area contributed by atoms with Crippen molar-refractivity contribution in [1.82, 2.24) is 9.80 Å². The van der Waals surface area contributed by atoms with E-state index >= 15 is 0 Å². The average molecular weight is 513 g/mol. The molecular weight excluding hydrogens is 484 g/mol. The summed E-state index contributed by atoms with van der Waals surface area (Å²) >= 11 is 1.36. The number of carbonyl (C=O) groups excluding carboxylic acids is 3. The molecule has 0 spiro atoms. The summed E-state index contributed by atoms with van der Waals surface area (Å²) in [5.41, 5.74) is 0.931. The Morgan fingerprint density at radius 1 is 1.29 bits per heavy atom. The Kier molecular flexibility index (Phi) is 8.39. The molecular formula is C22H28N2O8S2. The third kappa shape index (κ3) is 5.98. The number of nitrogens with zero attached hydrogens (tertiary/aromatic N) is 2. The van der Waals surface area contributed by atoms with Crippen molar-refractivity contribution in [2.45, 2.75) is 45.9 Å². The van der Waals surface area contributed by atoms with Crippen molar-refractivity contribution in [1.29, 1.82) is 0 Å². The Morgan fingerprint density at radius 2 is 1.97 bits per heavy atom. The highest BCUT2D eigenvalue weighted by Crippen LogP contribution is 2.48. The summed E-state index contributed by atoms with van der Waals surface area (Å²) in [6.45, 7) is 5.81. The second-order valence-corrected chi connectivity index (χ2v) is 10.3. The Bertz CT molecular complexity index is 1070. The van der Waals surface area contributed by atoms with Gasteiger partial charge in [-0.3, -0.25) is 14.1 Å². The van der Waals surface area contributed by atoms with E-state index in [0.717, 1.165) is 5.56 Å². The van der Waals surface area contributed by atoms with Crippen LogP contribution < -0.4 is 0 Å². The molecule has 0 bridgehead atoms. The number of fused-ring (bicyclic) bond motifs is 1. The zero-order chi connectivity index (χ0) is 25.0. The molecule has 3 atom stereocenters. The maximum Gasteiger partial charge on any atom is 0.397 e. The van der Waals surface area contributed by atoms with Crippen LogP contribution in [0.15, 0.2) is 40.9 Å². The molecule has 2 aliphatic rings. The van der Waals surface area contributed by atoms with Gasteiger partial charge in [0.2, 0.25) is 11.8 Å². The van der Waals surface area contributed by atoms with Crippen LogP contribution in [0.2, 0.25) is 0 Å². The molecule has 2 heterocycles. The third-order valence-corrected chi connectivity index (χ3v) is 7.46. The van der Waals surface area contributed by atoms with Crippen LogP contribution in [-0.4, -0.2) is 71.5 Å². The van der Waals surface area contributed by atoms with Crippen LogP contribution >= 0.6 is 11.8 Å². The van der Waals surface area contributed by atoms with Crippen LogP contribution in [0.1, 0.15) is 32.8 Å². The van der Waals surface area contributed by atoms with E-state index in [0.29, 0.717) is 30.2 Å². The first-order chi connectivity index (χ1) is 16.0. The van der Waals surface area contributed by atoms with Gasteiger partial charge in [0, 0.05) is 37.1 Å². The predicted octanol–water partition coefficient (Wildman–Crippen LogP) is 1.98. The van der Waals surface area contributed by atoms with Crippen LogP contribution in [0.5, 0.6) is 0 Å². The SMILES string of the molecule is CCN(CCSC1=C(C(=O)OCc2ccccc2)N2C(=O)[C@H]([C@@H](C)OS(=O)(=O)O)[C@H]2C1)C(C)=O. The number of hydrogen-bond donors (Lipinski definition) is 1. The maximum absolute atomic E-state index is 13.0. The van der Waals surface area contributed by atoms with Crippen molar-refractivity contribution >= 4 is 39.9 Å². The molecule has 0 aliphatic carbocycles. The number of amides is 2. The minimum atomic E-state index is -4.73. The molecule has 0 unspecified atom stereocenters. The van der Waals surface area contributed by atoms with Gasteiger partial charge in [-0.1, -0.05) is 30.3 Å². The van der Waals surface area contributed by atoms with E-state index in [4.69, 9.17) is 9.29 Å². The van der Waals surface area contributed by atoms with Crippen molar-refractivity contribution in [2.75, 3.05) is 18.8 Å². The molecule has 3 rings (SSSR count). The van der Waals surface area contributed by atoms with Crippen LogP contribution in [0.4, 0.5) is 0 Å². The van der Waals surface area contributed by atoms with Crippen LogP contribution in [0.25, 0.3) is 0 Å². The number of hydrogen-bond acceptors (Lipinski definition) is 8. The predicted molar refractivity (Wildman–Crippen MR) is 124 cm³/mol. The van der Waals surface area contributed by atoms with Crippen molar-refractivity contribution in [3.05, 3.63) is 46.5 Å². The minimum Gasteiger partial charge on any atom is -0.456 e. The lowest BCUT2D eigenvalue weighted by Crippen LogP contribution is -2.62. The Hall–Kier alpha value is -2.41. The number of benzene rings is 1. The summed E-state index contributed by atoms with van der Waals surface area (Å²) in [5.74, 6) is -1.50. The normalized spacial score (nSPS) is 20.6. The summed E-state index contributed by atoms with van der Waals surface area (Å²) in [6.07, 6.45) is -0.773. The monoisotopic (exact) mass is 512 g/mol. The molecule has 2 amide bonds. The first-order valence-corrected chi connectivity index (χ1v) is 13.2. The Morgan fingerprint density at radius 3 is 2.56 bits per heavy atom. The number of ether oxygens (including phenoxy) is 1. The number of β-lactam (4-membered cyclic amide) rings is 1. The summed E-state index contributed by atoms with van der Waals surface area (Å²) in [4.78, 5) is 41.2. The number of esters is 1. The molecule has 34 heavy (non-hydrogen) atoms. The van der Waals surface area contributed by atoms with Gasteiger partial charge in [-0.25, -0.2) is 8.98 Å². The van der Waals surface area contributed by atoms with Gasteiger partial charge in [0.25, 0.3) is 0 Å². The van der Waals surface area contributed by atoms with Gasteiger partial charge in [-0.2, -0.15) is 8.42 Å². The fourth-order valence-electron chi connectivity index (χ4n) is 4.20. The number of rotatable bonds is 11. The summed E-state index contributed by atoms with van der Waals surface area (Å²) < 4.78 is 41.3. The second-order valence-electron chi connectivity index (χ2n) is 8.02. The fourth-order valence-corrected chi connectivity index (χ4v) is 5.86. The molecule has 10 nitrogen and oxygen atoms in total. The molecule has 1 N–H and O–H groups in total. The van der Waals surface area contributed by atoms with Crippen molar-refractivity contribution in [2.24, 2.45) is 5.92 Å². The number of thioether (sulfide) groups is 1. The van der Waals surface area contributed by atoms with E-state index in [2.05, 4.69) is 4.18 Å². The van der Waals surface area contributed by atoms with E-state index in [-0.39, 0.29) is 18.2 Å². The molecule has 1 aromatic rings. The lowest BCUT2D eigenvalue weighted by molar-refractivity contribution is -0.161. The van der Waals surface area contributed by atoms with E-state index in [9.17, 15) is 22.8 Å². The standard InChI is InChI=1S/C22H28N2O8S2/c1-4-23(15(3)25)10-11-33-18-12-17-19(14(2)32-34(28,29)30)21(26)24(17)20(18)22(27)31-13-16-8-6-5-7-9-16/h5-9,14,17,19H,4,10-13H2,1-3H3,(H,28,29,30)/t14-,17-,19-/m1/s1. The zero-order valence-corrected chi connectivity index (χ0v) is 20.8. The highest BCUT2D eigenvalue weighted by molar-refractivity contribution is 8.03. The van der Waals surface area contributed by atoms with Gasteiger partial charge in [0.1, 0.15) is 12.3 Å². The highest BCUT2D eigenvalue weighted by Gasteiger charge is 2.58. The van der Waals surface area contributed by atoms with Gasteiger partial charge >= 0.3 is 16.4 Å². The first kappa shape index (κ1) is 26.2. The lowest BCUT2D eigenvalue weighted by atomic mass is 9.83. The molecule has 0 aromatic heterocycles.